The summed E-state index contributed by atoms with van der Waals surface area (Å²) < 4.78 is 18.8. The maximum Gasteiger partial charge on any atom is 0.165 e. The maximum absolute atomic E-state index is 13.6. The van der Waals surface area contributed by atoms with Crippen molar-refractivity contribution in [2.45, 2.75) is 39.2 Å². The molecule has 0 saturated carbocycles. The molecule has 108 valence electrons. The lowest BCUT2D eigenvalue weighted by atomic mass is 10.1. The Hall–Kier alpha value is -1.13. The number of halogens is 1. The van der Waals surface area contributed by atoms with Crippen molar-refractivity contribution in [1.29, 1.82) is 0 Å². The Bertz CT molecular complexity index is 369. The molecule has 1 rings (SSSR count). The van der Waals surface area contributed by atoms with Crippen molar-refractivity contribution in [2.75, 3.05) is 19.7 Å². The van der Waals surface area contributed by atoms with Crippen molar-refractivity contribution >= 4 is 0 Å². The van der Waals surface area contributed by atoms with Crippen LogP contribution in [0.3, 0.4) is 0 Å². The Balaban J connectivity index is 2.24. The van der Waals surface area contributed by atoms with Gasteiger partial charge in [-0.25, -0.2) is 4.39 Å². The van der Waals surface area contributed by atoms with Crippen molar-refractivity contribution in [3.8, 4) is 5.75 Å². The Morgan fingerprint density at radius 3 is 2.79 bits per heavy atom. The zero-order valence-corrected chi connectivity index (χ0v) is 11.9. The van der Waals surface area contributed by atoms with Gasteiger partial charge in [0.15, 0.2) is 11.6 Å². The van der Waals surface area contributed by atoms with E-state index in [1.807, 2.05) is 19.9 Å². The van der Waals surface area contributed by atoms with E-state index in [1.165, 1.54) is 0 Å². The second kappa shape index (κ2) is 8.88. The van der Waals surface area contributed by atoms with Gasteiger partial charge in [-0.3, -0.25) is 0 Å². The molecular formula is C15H25FN2O. The first-order valence-corrected chi connectivity index (χ1v) is 7.01. The van der Waals surface area contributed by atoms with E-state index in [0.29, 0.717) is 12.4 Å². The van der Waals surface area contributed by atoms with E-state index in [4.69, 9.17) is 10.5 Å². The molecule has 0 spiro atoms. The second-order valence-corrected chi connectivity index (χ2v) is 4.82. The number of rotatable bonds is 9. The van der Waals surface area contributed by atoms with Gasteiger partial charge in [0.2, 0.25) is 0 Å². The third kappa shape index (κ3) is 6.55. The lowest BCUT2D eigenvalue weighted by Crippen LogP contribution is -2.21. The Morgan fingerprint density at radius 2 is 2.16 bits per heavy atom. The summed E-state index contributed by atoms with van der Waals surface area (Å²) in [6.45, 7) is 6.16. The topological polar surface area (TPSA) is 47.3 Å². The molecule has 0 bridgehead atoms. The number of nitrogens with two attached hydrogens (primary N) is 1. The third-order valence-electron chi connectivity index (χ3n) is 2.90. The molecule has 4 heteroatoms. The van der Waals surface area contributed by atoms with Crippen LogP contribution in [0.25, 0.3) is 0 Å². The van der Waals surface area contributed by atoms with Crippen molar-refractivity contribution in [2.24, 2.45) is 5.73 Å². The molecule has 3 N–H and O–H groups in total. The van der Waals surface area contributed by atoms with Gasteiger partial charge in [-0.2, -0.15) is 0 Å². The van der Waals surface area contributed by atoms with Crippen LogP contribution in [0.1, 0.15) is 32.3 Å². The predicted molar refractivity (Wildman–Crippen MR) is 77.0 cm³/mol. The smallest absolute Gasteiger partial charge is 0.165 e. The number of hydrogen-bond donors (Lipinski definition) is 2. The van der Waals surface area contributed by atoms with E-state index in [-0.39, 0.29) is 11.9 Å². The van der Waals surface area contributed by atoms with Gasteiger partial charge in [0.05, 0.1) is 6.61 Å². The first-order valence-electron chi connectivity index (χ1n) is 7.01. The first-order chi connectivity index (χ1) is 9.13. The van der Waals surface area contributed by atoms with Gasteiger partial charge in [0, 0.05) is 6.04 Å². The average Bonchev–Trinajstić information content (AvgIpc) is 2.36. The van der Waals surface area contributed by atoms with Crippen molar-refractivity contribution in [3.63, 3.8) is 0 Å². The highest BCUT2D eigenvalue weighted by atomic mass is 19.1. The predicted octanol–water partition coefficient (Wildman–Crippen LogP) is 2.48. The fourth-order valence-electron chi connectivity index (χ4n) is 1.88. The molecule has 0 aliphatic heterocycles. The van der Waals surface area contributed by atoms with E-state index >= 15 is 0 Å². The molecule has 3 nitrogen and oxygen atoms in total. The van der Waals surface area contributed by atoms with Gasteiger partial charge in [-0.1, -0.05) is 6.07 Å². The van der Waals surface area contributed by atoms with Crippen LogP contribution in [-0.2, 0) is 6.42 Å². The van der Waals surface area contributed by atoms with Crippen LogP contribution in [0.5, 0.6) is 5.75 Å². The summed E-state index contributed by atoms with van der Waals surface area (Å²) in [6, 6.07) is 5.43. The van der Waals surface area contributed by atoms with Crippen LogP contribution in [0.4, 0.5) is 4.39 Å². The van der Waals surface area contributed by atoms with Gasteiger partial charge < -0.3 is 15.8 Å². The monoisotopic (exact) mass is 268 g/mol. The Labute approximate surface area is 115 Å². The molecule has 1 atom stereocenters. The van der Waals surface area contributed by atoms with E-state index < -0.39 is 0 Å². The summed E-state index contributed by atoms with van der Waals surface area (Å²) in [4.78, 5) is 0. The minimum absolute atomic E-state index is 0.266. The molecule has 0 saturated heterocycles. The van der Waals surface area contributed by atoms with Gasteiger partial charge >= 0.3 is 0 Å². The van der Waals surface area contributed by atoms with Gasteiger partial charge in [-0.05, 0) is 63.9 Å². The van der Waals surface area contributed by atoms with Crippen molar-refractivity contribution in [1.82, 2.24) is 5.32 Å². The minimum atomic E-state index is -0.281. The lowest BCUT2D eigenvalue weighted by Gasteiger charge is -2.08. The zero-order chi connectivity index (χ0) is 14.1. The second-order valence-electron chi connectivity index (χ2n) is 4.82. The molecule has 1 aromatic rings. The molecule has 0 radical (unpaired) electrons. The summed E-state index contributed by atoms with van der Waals surface area (Å²) in [5, 5.41) is 3.34. The van der Waals surface area contributed by atoms with Crippen LogP contribution >= 0.6 is 0 Å². The van der Waals surface area contributed by atoms with Crippen LogP contribution in [0.2, 0.25) is 0 Å². The number of hydrogen-bond acceptors (Lipinski definition) is 3. The van der Waals surface area contributed by atoms with Crippen LogP contribution < -0.4 is 15.8 Å². The Kier molecular flexibility index (Phi) is 7.45. The molecule has 19 heavy (non-hydrogen) atoms. The molecule has 0 aromatic heterocycles. The normalized spacial score (nSPS) is 12.4. The summed E-state index contributed by atoms with van der Waals surface area (Å²) in [6.07, 6.45) is 2.93. The molecule has 0 amide bonds. The summed E-state index contributed by atoms with van der Waals surface area (Å²) in [5.41, 5.74) is 6.66. The summed E-state index contributed by atoms with van der Waals surface area (Å²) in [7, 11) is 0. The van der Waals surface area contributed by atoms with E-state index in [0.717, 1.165) is 37.9 Å². The number of ether oxygens (including phenoxy) is 1. The van der Waals surface area contributed by atoms with Gasteiger partial charge in [-0.15, -0.1) is 0 Å². The average molecular weight is 268 g/mol. The number of benzene rings is 1. The first kappa shape index (κ1) is 15.9. The van der Waals surface area contributed by atoms with Gasteiger partial charge in [0.1, 0.15) is 0 Å². The highest BCUT2D eigenvalue weighted by Crippen LogP contribution is 2.18. The Morgan fingerprint density at radius 1 is 1.37 bits per heavy atom. The highest BCUT2D eigenvalue weighted by Gasteiger charge is 2.03. The quantitative estimate of drug-likeness (QED) is 0.676. The van der Waals surface area contributed by atoms with Crippen LogP contribution in [0.15, 0.2) is 18.2 Å². The highest BCUT2D eigenvalue weighted by molar-refractivity contribution is 5.29. The molecule has 1 unspecified atom stereocenters. The lowest BCUT2D eigenvalue weighted by molar-refractivity contribution is 0.321. The van der Waals surface area contributed by atoms with E-state index in [9.17, 15) is 4.39 Å². The molecule has 0 aliphatic carbocycles. The fraction of sp³-hybridized carbons (Fsp3) is 0.600. The molecule has 0 aliphatic rings. The van der Waals surface area contributed by atoms with Crippen molar-refractivity contribution < 1.29 is 9.13 Å². The molecular weight excluding hydrogens is 243 g/mol. The zero-order valence-electron chi connectivity index (χ0n) is 11.9. The standard InChI is InChI=1S/C15H25FN2O/c1-3-19-15-7-6-13(11-14(15)16)8-10-18-9-4-5-12(2)17/h6-7,11-12,18H,3-5,8-10,17H2,1-2H3. The summed E-state index contributed by atoms with van der Waals surface area (Å²) in [5.74, 6) is 0.0486. The molecule has 1 aromatic carbocycles. The number of nitrogens with one attached hydrogen (secondary N) is 1. The molecule has 0 fully saturated rings. The van der Waals surface area contributed by atoms with Crippen molar-refractivity contribution in [3.05, 3.63) is 29.6 Å². The van der Waals surface area contributed by atoms with Gasteiger partial charge in [0.25, 0.3) is 0 Å². The van der Waals surface area contributed by atoms with Crippen LogP contribution in [0, 0.1) is 5.82 Å². The fourth-order valence-corrected chi connectivity index (χ4v) is 1.88. The van der Waals surface area contributed by atoms with Crippen LogP contribution in [-0.4, -0.2) is 25.7 Å². The minimum Gasteiger partial charge on any atom is -0.491 e. The SMILES string of the molecule is CCOc1ccc(CCNCCCC(C)N)cc1F. The van der Waals surface area contributed by atoms with E-state index in [2.05, 4.69) is 5.32 Å². The third-order valence-corrected chi connectivity index (χ3v) is 2.90. The maximum atomic E-state index is 13.6. The molecule has 0 heterocycles. The largest absolute Gasteiger partial charge is 0.491 e. The van der Waals surface area contributed by atoms with E-state index in [1.54, 1.807) is 12.1 Å². The summed E-state index contributed by atoms with van der Waals surface area (Å²) >= 11 is 0.